The zero-order chi connectivity index (χ0) is 13.8. The van der Waals surface area contributed by atoms with Crippen LogP contribution in [0.2, 0.25) is 0 Å². The molecule has 1 unspecified atom stereocenters. The van der Waals surface area contributed by atoms with Crippen molar-refractivity contribution in [2.24, 2.45) is 0 Å². The van der Waals surface area contributed by atoms with E-state index < -0.39 is 12.1 Å². The molecule has 5 heteroatoms. The standard InChI is InChI=1S/C14H14O5/c1-17-10-5-3-4-9(8-10)13(15)11-6-7-12(19-11)14(16)18-2/h3-8,13,15H,1-2H3. The largest absolute Gasteiger partial charge is 0.497 e. The minimum Gasteiger partial charge on any atom is -0.497 e. The van der Waals surface area contributed by atoms with Gasteiger partial charge in [-0.1, -0.05) is 12.1 Å². The molecule has 0 fully saturated rings. The van der Waals surface area contributed by atoms with Crippen molar-refractivity contribution in [2.75, 3.05) is 14.2 Å². The normalized spacial score (nSPS) is 11.9. The van der Waals surface area contributed by atoms with Crippen molar-refractivity contribution in [1.82, 2.24) is 0 Å². The molecular weight excluding hydrogens is 248 g/mol. The maximum atomic E-state index is 11.3. The van der Waals surface area contributed by atoms with E-state index in [1.54, 1.807) is 31.4 Å². The van der Waals surface area contributed by atoms with Gasteiger partial charge in [0.15, 0.2) is 0 Å². The lowest BCUT2D eigenvalue weighted by atomic mass is 10.1. The smallest absolute Gasteiger partial charge is 0.373 e. The van der Waals surface area contributed by atoms with Crippen molar-refractivity contribution in [3.05, 3.63) is 53.5 Å². The number of carbonyl (C=O) groups excluding carboxylic acids is 1. The Labute approximate surface area is 110 Å². The van der Waals surface area contributed by atoms with Crippen molar-refractivity contribution >= 4 is 5.97 Å². The topological polar surface area (TPSA) is 68.9 Å². The SMILES string of the molecule is COC(=O)c1ccc(C(O)c2cccc(OC)c2)o1. The minimum atomic E-state index is -0.964. The second-order valence-electron chi connectivity index (χ2n) is 3.87. The number of furan rings is 1. The zero-order valence-corrected chi connectivity index (χ0v) is 10.6. The number of esters is 1. The molecule has 1 heterocycles. The Hall–Kier alpha value is -2.27. The van der Waals surface area contributed by atoms with Crippen molar-refractivity contribution in [2.45, 2.75) is 6.10 Å². The summed E-state index contributed by atoms with van der Waals surface area (Å²) < 4.78 is 14.9. The third-order valence-corrected chi connectivity index (χ3v) is 2.69. The van der Waals surface area contributed by atoms with E-state index in [4.69, 9.17) is 9.15 Å². The lowest BCUT2D eigenvalue weighted by Crippen LogP contribution is -2.00. The number of hydrogen-bond acceptors (Lipinski definition) is 5. The summed E-state index contributed by atoms with van der Waals surface area (Å²) in [6.07, 6.45) is -0.964. The first kappa shape index (κ1) is 13.2. The zero-order valence-electron chi connectivity index (χ0n) is 10.6. The second-order valence-corrected chi connectivity index (χ2v) is 3.87. The molecule has 19 heavy (non-hydrogen) atoms. The van der Waals surface area contributed by atoms with E-state index in [1.165, 1.54) is 19.2 Å². The van der Waals surface area contributed by atoms with E-state index in [2.05, 4.69) is 4.74 Å². The average Bonchev–Trinajstić information content (AvgIpc) is 2.95. The molecule has 2 rings (SSSR count). The summed E-state index contributed by atoms with van der Waals surface area (Å²) >= 11 is 0. The van der Waals surface area contributed by atoms with Crippen LogP contribution in [0.3, 0.4) is 0 Å². The van der Waals surface area contributed by atoms with Gasteiger partial charge in [-0.25, -0.2) is 4.79 Å². The number of hydrogen-bond donors (Lipinski definition) is 1. The molecule has 0 saturated carbocycles. The Morgan fingerprint density at radius 2 is 2.05 bits per heavy atom. The van der Waals surface area contributed by atoms with Gasteiger partial charge in [0.2, 0.25) is 5.76 Å². The summed E-state index contributed by atoms with van der Waals surface area (Å²) in [5.74, 6) is 0.383. The number of aliphatic hydroxyl groups excluding tert-OH is 1. The number of carbonyl (C=O) groups is 1. The lowest BCUT2D eigenvalue weighted by molar-refractivity contribution is 0.0558. The van der Waals surface area contributed by atoms with Crippen LogP contribution in [0.5, 0.6) is 5.75 Å². The molecule has 2 aromatic rings. The summed E-state index contributed by atoms with van der Waals surface area (Å²) in [6, 6.07) is 9.99. The fourth-order valence-electron chi connectivity index (χ4n) is 1.69. The number of methoxy groups -OCH3 is 2. The molecule has 0 bridgehead atoms. The van der Waals surface area contributed by atoms with Crippen LogP contribution in [0, 0.1) is 0 Å². The second kappa shape index (κ2) is 5.58. The average molecular weight is 262 g/mol. The summed E-state index contributed by atoms with van der Waals surface area (Å²) in [7, 11) is 2.82. The van der Waals surface area contributed by atoms with Gasteiger partial charge in [0.25, 0.3) is 0 Å². The van der Waals surface area contributed by atoms with Crippen LogP contribution < -0.4 is 4.74 Å². The van der Waals surface area contributed by atoms with Crippen LogP contribution in [-0.4, -0.2) is 25.3 Å². The fraction of sp³-hybridized carbons (Fsp3) is 0.214. The van der Waals surface area contributed by atoms with Crippen LogP contribution in [0.15, 0.2) is 40.8 Å². The number of ether oxygens (including phenoxy) is 2. The molecule has 100 valence electrons. The van der Waals surface area contributed by atoms with Gasteiger partial charge in [-0.2, -0.15) is 0 Å². The molecule has 0 spiro atoms. The van der Waals surface area contributed by atoms with Gasteiger partial charge in [-0.05, 0) is 29.8 Å². The van der Waals surface area contributed by atoms with Crippen LogP contribution in [-0.2, 0) is 4.74 Å². The van der Waals surface area contributed by atoms with Crippen LogP contribution in [0.25, 0.3) is 0 Å². The molecule has 5 nitrogen and oxygen atoms in total. The first-order valence-electron chi connectivity index (χ1n) is 5.65. The molecular formula is C14H14O5. The molecule has 1 aromatic carbocycles. The summed E-state index contributed by atoms with van der Waals surface area (Å²) in [5, 5.41) is 10.2. The van der Waals surface area contributed by atoms with Gasteiger partial charge in [0.1, 0.15) is 17.6 Å². The maximum Gasteiger partial charge on any atom is 0.373 e. The monoisotopic (exact) mass is 262 g/mol. The van der Waals surface area contributed by atoms with E-state index in [0.29, 0.717) is 11.3 Å². The molecule has 0 aliphatic rings. The summed E-state index contributed by atoms with van der Waals surface area (Å²) in [5.41, 5.74) is 0.616. The first-order chi connectivity index (χ1) is 9.15. The third kappa shape index (κ3) is 2.77. The Balaban J connectivity index is 2.25. The van der Waals surface area contributed by atoms with E-state index in [0.717, 1.165) is 0 Å². The highest BCUT2D eigenvalue weighted by Gasteiger charge is 2.18. The van der Waals surface area contributed by atoms with Crippen molar-refractivity contribution < 1.29 is 23.8 Å². The molecule has 1 aromatic heterocycles. The van der Waals surface area contributed by atoms with Gasteiger partial charge in [-0.15, -0.1) is 0 Å². The number of benzene rings is 1. The van der Waals surface area contributed by atoms with E-state index in [1.807, 2.05) is 0 Å². The van der Waals surface area contributed by atoms with Crippen LogP contribution >= 0.6 is 0 Å². The third-order valence-electron chi connectivity index (χ3n) is 2.69. The highest BCUT2D eigenvalue weighted by atomic mass is 16.5. The highest BCUT2D eigenvalue weighted by Crippen LogP contribution is 2.26. The number of aliphatic hydroxyl groups is 1. The Morgan fingerprint density at radius 3 is 2.74 bits per heavy atom. The molecule has 0 saturated heterocycles. The van der Waals surface area contributed by atoms with Crippen molar-refractivity contribution in [3.63, 3.8) is 0 Å². The van der Waals surface area contributed by atoms with Crippen LogP contribution in [0.1, 0.15) is 28.0 Å². The lowest BCUT2D eigenvalue weighted by Gasteiger charge is -2.09. The summed E-state index contributed by atoms with van der Waals surface area (Å²) in [4.78, 5) is 11.3. The number of rotatable bonds is 4. The molecule has 1 N–H and O–H groups in total. The van der Waals surface area contributed by atoms with Gasteiger partial charge in [0, 0.05) is 0 Å². The summed E-state index contributed by atoms with van der Waals surface area (Å²) in [6.45, 7) is 0. The van der Waals surface area contributed by atoms with Crippen molar-refractivity contribution in [1.29, 1.82) is 0 Å². The Morgan fingerprint density at radius 1 is 1.26 bits per heavy atom. The molecule has 0 radical (unpaired) electrons. The molecule has 0 amide bonds. The minimum absolute atomic E-state index is 0.0550. The van der Waals surface area contributed by atoms with Gasteiger partial charge in [-0.3, -0.25) is 0 Å². The van der Waals surface area contributed by atoms with Gasteiger partial charge in [0.05, 0.1) is 14.2 Å². The molecule has 1 atom stereocenters. The Bertz CT molecular complexity index is 573. The Kier molecular flexibility index (Phi) is 3.87. The predicted octanol–water partition coefficient (Wildman–Crippen LogP) is 2.16. The predicted molar refractivity (Wildman–Crippen MR) is 67.1 cm³/mol. The van der Waals surface area contributed by atoms with E-state index in [9.17, 15) is 9.90 Å². The van der Waals surface area contributed by atoms with Gasteiger partial charge >= 0.3 is 5.97 Å². The quantitative estimate of drug-likeness (QED) is 0.855. The first-order valence-corrected chi connectivity index (χ1v) is 5.65. The maximum absolute atomic E-state index is 11.3. The van der Waals surface area contributed by atoms with E-state index >= 15 is 0 Å². The van der Waals surface area contributed by atoms with Crippen LogP contribution in [0.4, 0.5) is 0 Å². The fourth-order valence-corrected chi connectivity index (χ4v) is 1.69. The molecule has 0 aliphatic heterocycles. The van der Waals surface area contributed by atoms with E-state index in [-0.39, 0.29) is 11.5 Å². The van der Waals surface area contributed by atoms with Crippen molar-refractivity contribution in [3.8, 4) is 5.75 Å². The molecule has 0 aliphatic carbocycles. The van der Waals surface area contributed by atoms with Gasteiger partial charge < -0.3 is 19.0 Å². The highest BCUT2D eigenvalue weighted by molar-refractivity contribution is 5.86.